The summed E-state index contributed by atoms with van der Waals surface area (Å²) in [5.74, 6) is -1.01. The van der Waals surface area contributed by atoms with Crippen LogP contribution in [0, 0.1) is 10.8 Å². The Balaban J connectivity index is 1.58. The van der Waals surface area contributed by atoms with E-state index >= 15 is 0 Å². The molecule has 4 unspecified atom stereocenters. The van der Waals surface area contributed by atoms with E-state index in [0.717, 1.165) is 31.7 Å². The van der Waals surface area contributed by atoms with Gasteiger partial charge in [-0.15, -0.1) is 24.5 Å². The number of ether oxygens (including phenoxy) is 3. The number of esters is 1. The smallest absolute Gasteiger partial charge is 0.489 e. The lowest BCUT2D eigenvalue weighted by Gasteiger charge is -2.40. The third kappa shape index (κ3) is 9.02. The minimum Gasteiger partial charge on any atom is -0.489 e. The van der Waals surface area contributed by atoms with Crippen LogP contribution in [0.15, 0.2) is 42.5 Å². The van der Waals surface area contributed by atoms with Gasteiger partial charge in [-0.1, -0.05) is 25.8 Å². The van der Waals surface area contributed by atoms with Gasteiger partial charge in [-0.2, -0.15) is 13.2 Å². The first kappa shape index (κ1) is 38.8. The third-order valence-electron chi connectivity index (χ3n) is 9.46. The van der Waals surface area contributed by atoms with Crippen molar-refractivity contribution in [2.75, 3.05) is 0 Å². The molecular weight excluding hydrogens is 670 g/mol. The topological polar surface area (TPSA) is 96.8 Å². The van der Waals surface area contributed by atoms with Crippen LogP contribution in [0.5, 0.6) is 11.5 Å². The molecule has 0 spiro atoms. The number of carbonyl (C=O) groups is 1. The average Bonchev–Trinajstić information content (AvgIpc) is 3.52. The van der Waals surface area contributed by atoms with Gasteiger partial charge in [0.25, 0.3) is 0 Å². The number of hydrogen-bond donors (Lipinski definition) is 2. The second-order valence-electron chi connectivity index (χ2n) is 14.5. The van der Waals surface area contributed by atoms with Crippen LogP contribution in [0.2, 0.25) is 0 Å². The van der Waals surface area contributed by atoms with Gasteiger partial charge in [-0.05, 0) is 114 Å². The molecule has 0 aliphatic heterocycles. The van der Waals surface area contributed by atoms with E-state index in [1.807, 2.05) is 6.92 Å². The normalized spacial score (nSPS) is 21.2. The molecule has 0 radical (unpaired) electrons. The van der Waals surface area contributed by atoms with Crippen LogP contribution in [0.25, 0.3) is 20.5 Å². The fraction of sp³-hybridized carbons (Fsp3) is 0.583. The van der Waals surface area contributed by atoms with Crippen molar-refractivity contribution in [2.45, 2.75) is 123 Å². The van der Waals surface area contributed by atoms with Crippen LogP contribution in [0.1, 0.15) is 85.6 Å². The van der Waals surface area contributed by atoms with E-state index in [2.05, 4.69) is 4.74 Å². The molecule has 1 heterocycles. The Labute approximate surface area is 287 Å². The molecule has 4 N–H and O–H groups in total. The first-order valence-electron chi connectivity index (χ1n) is 16.5. The maximum atomic E-state index is 14.8. The second-order valence-corrected chi connectivity index (χ2v) is 15.6. The first-order valence-corrected chi connectivity index (χ1v) is 17.3. The summed E-state index contributed by atoms with van der Waals surface area (Å²) in [6.07, 6.45) is -9.07. The van der Waals surface area contributed by atoms with Crippen LogP contribution in [0.4, 0.5) is 26.3 Å². The summed E-state index contributed by atoms with van der Waals surface area (Å²) in [7, 11) is 0. The largest absolute Gasteiger partial charge is 0.573 e. The van der Waals surface area contributed by atoms with Gasteiger partial charge in [0.15, 0.2) is 0 Å². The Kier molecular flexibility index (Phi) is 11.3. The zero-order valence-electron chi connectivity index (χ0n) is 28.7. The van der Waals surface area contributed by atoms with Gasteiger partial charge in [0.2, 0.25) is 0 Å². The van der Waals surface area contributed by atoms with Crippen molar-refractivity contribution in [1.29, 1.82) is 0 Å². The number of alkyl halides is 6. The van der Waals surface area contributed by atoms with Gasteiger partial charge in [0.1, 0.15) is 29.1 Å². The lowest BCUT2D eigenvalue weighted by molar-refractivity contribution is -0.274. The maximum absolute atomic E-state index is 14.8. The minimum atomic E-state index is -4.89. The molecule has 2 aromatic carbocycles. The maximum Gasteiger partial charge on any atom is 0.573 e. The van der Waals surface area contributed by atoms with E-state index in [0.29, 0.717) is 21.4 Å². The summed E-state index contributed by atoms with van der Waals surface area (Å²) in [5, 5.41) is 0.674. The predicted octanol–water partition coefficient (Wildman–Crippen LogP) is 9.70. The van der Waals surface area contributed by atoms with Gasteiger partial charge >= 0.3 is 18.5 Å². The highest BCUT2D eigenvalue weighted by molar-refractivity contribution is 7.22. The molecule has 1 fully saturated rings. The molecule has 13 heteroatoms. The standard InChI is InChI=1S/C36H46F6N2O4S/c1-7-8-9-10-21-11-14-24(25(17-21)48-36(40,41)42)27-18-22-12-13-23(19-26(22)49-27)46-29-15-16-30(34(29,6)35(37,38)39)47-31(45)33(4,5)28(43)20-32(2,3)44/h11-14,17-19,28-30H,7-10,15-16,20,43-44H2,1-6H3. The molecule has 49 heavy (non-hydrogen) atoms. The van der Waals surface area contributed by atoms with E-state index in [1.54, 1.807) is 44.2 Å². The van der Waals surface area contributed by atoms with E-state index in [9.17, 15) is 31.1 Å². The number of rotatable bonds is 13. The average molecular weight is 717 g/mol. The van der Waals surface area contributed by atoms with Gasteiger partial charge in [0.05, 0.1) is 5.41 Å². The second kappa shape index (κ2) is 14.3. The van der Waals surface area contributed by atoms with Crippen LogP contribution >= 0.6 is 11.3 Å². The molecule has 4 atom stereocenters. The number of thiophene rings is 1. The van der Waals surface area contributed by atoms with E-state index in [1.165, 1.54) is 37.3 Å². The number of unbranched alkanes of at least 4 members (excludes halogenated alkanes) is 2. The van der Waals surface area contributed by atoms with Crippen LogP contribution < -0.4 is 20.9 Å². The fourth-order valence-electron chi connectivity index (χ4n) is 6.19. The molecule has 1 aliphatic rings. The molecule has 272 valence electrons. The van der Waals surface area contributed by atoms with Gasteiger partial charge in [-0.3, -0.25) is 4.79 Å². The summed E-state index contributed by atoms with van der Waals surface area (Å²) in [6.45, 7) is 9.59. The number of benzene rings is 2. The zero-order valence-corrected chi connectivity index (χ0v) is 29.5. The van der Waals surface area contributed by atoms with Gasteiger partial charge in [0, 0.05) is 26.7 Å². The lowest BCUT2D eigenvalue weighted by atomic mass is 9.78. The quantitative estimate of drug-likeness (QED) is 0.104. The van der Waals surface area contributed by atoms with E-state index in [4.69, 9.17) is 20.9 Å². The molecule has 1 aliphatic carbocycles. The van der Waals surface area contributed by atoms with Gasteiger partial charge < -0.3 is 25.7 Å². The van der Waals surface area contributed by atoms with Crippen molar-refractivity contribution >= 4 is 27.4 Å². The van der Waals surface area contributed by atoms with Crippen LogP contribution in [0.3, 0.4) is 0 Å². The molecule has 4 rings (SSSR count). The molecule has 3 aromatic rings. The zero-order chi connectivity index (χ0) is 36.6. The van der Waals surface area contributed by atoms with Gasteiger partial charge in [-0.25, -0.2) is 0 Å². The first-order chi connectivity index (χ1) is 22.5. The predicted molar refractivity (Wildman–Crippen MR) is 180 cm³/mol. The summed E-state index contributed by atoms with van der Waals surface area (Å²) in [6, 6.07) is 10.5. The third-order valence-corrected chi connectivity index (χ3v) is 10.6. The van der Waals surface area contributed by atoms with Crippen molar-refractivity contribution in [3.63, 3.8) is 0 Å². The van der Waals surface area contributed by atoms with Crippen LogP contribution in [-0.2, 0) is 16.0 Å². The molecule has 0 saturated heterocycles. The monoisotopic (exact) mass is 716 g/mol. The molecule has 1 aromatic heterocycles. The van der Waals surface area contributed by atoms with Crippen LogP contribution in [-0.4, -0.2) is 42.3 Å². The van der Waals surface area contributed by atoms with Crippen molar-refractivity contribution in [3.05, 3.63) is 48.0 Å². The molecule has 0 amide bonds. The number of nitrogens with two attached hydrogens (primary N) is 2. The SMILES string of the molecule is CCCCCc1ccc(-c2cc3ccc(OC4CCC(OC(=O)C(C)(C)C(N)CC(C)(C)N)C4(C)C(F)(F)F)cc3s2)c(OC(F)(F)F)c1. The summed E-state index contributed by atoms with van der Waals surface area (Å²) in [5.41, 5.74) is 8.77. The Morgan fingerprint density at radius 3 is 2.27 bits per heavy atom. The summed E-state index contributed by atoms with van der Waals surface area (Å²) >= 11 is 1.17. The Bertz CT molecular complexity index is 1610. The number of halogens is 6. The highest BCUT2D eigenvalue weighted by atomic mass is 32.1. The Hall–Kier alpha value is -3.03. The van der Waals surface area contributed by atoms with Crippen molar-refractivity contribution in [1.82, 2.24) is 0 Å². The Morgan fingerprint density at radius 2 is 1.65 bits per heavy atom. The van der Waals surface area contributed by atoms with E-state index < -0.39 is 53.1 Å². The van der Waals surface area contributed by atoms with E-state index in [-0.39, 0.29) is 36.3 Å². The Morgan fingerprint density at radius 1 is 0.980 bits per heavy atom. The van der Waals surface area contributed by atoms with Crippen molar-refractivity contribution in [3.8, 4) is 21.9 Å². The lowest BCUT2D eigenvalue weighted by Crippen LogP contribution is -2.54. The molecular formula is C36H46F6N2O4S. The summed E-state index contributed by atoms with van der Waals surface area (Å²) < 4.78 is 101. The van der Waals surface area contributed by atoms with Crippen molar-refractivity contribution < 1.29 is 45.3 Å². The number of aryl methyl sites for hydroxylation is 1. The number of fused-ring (bicyclic) bond motifs is 1. The minimum absolute atomic E-state index is 0.0350. The number of hydrogen-bond acceptors (Lipinski definition) is 7. The molecule has 1 saturated carbocycles. The molecule has 0 bridgehead atoms. The molecule has 6 nitrogen and oxygen atoms in total. The highest BCUT2D eigenvalue weighted by Gasteiger charge is 2.66. The highest BCUT2D eigenvalue weighted by Crippen LogP contribution is 2.53. The van der Waals surface area contributed by atoms with Crippen molar-refractivity contribution in [2.24, 2.45) is 22.3 Å². The number of carbonyl (C=O) groups excluding carboxylic acids is 1. The fourth-order valence-corrected chi connectivity index (χ4v) is 7.31. The summed E-state index contributed by atoms with van der Waals surface area (Å²) in [4.78, 5) is 13.7.